The second-order valence-electron chi connectivity index (χ2n) is 10.0. The molecule has 2 bridgehead atoms. The van der Waals surface area contributed by atoms with Crippen LogP contribution < -0.4 is 5.32 Å². The zero-order valence-electron chi connectivity index (χ0n) is 18.4. The standard InChI is InChI=1S/C24H36N4O/c1-5-6-9-14-28-20(18-10-7-8-13-25-18)16-19(27-28)22(29)26-21-15-17-11-12-24(21,4)23(17,2)3/h7-8,10,13,17,20-21H,5-6,9,11-12,14-16H2,1-4H3,(H,26,29)/t17-,20?,21-,24-/m0/s1. The number of nitrogens with one attached hydrogen (secondary N) is 1. The van der Waals surface area contributed by atoms with Crippen molar-refractivity contribution in [1.82, 2.24) is 15.3 Å². The van der Waals surface area contributed by atoms with Crippen LogP contribution in [-0.4, -0.2) is 34.2 Å². The molecule has 1 amide bonds. The Morgan fingerprint density at radius 3 is 2.72 bits per heavy atom. The Kier molecular flexibility index (Phi) is 5.43. The maximum Gasteiger partial charge on any atom is 0.267 e. The van der Waals surface area contributed by atoms with Gasteiger partial charge in [-0.15, -0.1) is 0 Å². The third kappa shape index (κ3) is 3.47. The monoisotopic (exact) mass is 396 g/mol. The van der Waals surface area contributed by atoms with Crippen LogP contribution in [0, 0.1) is 16.7 Å². The van der Waals surface area contributed by atoms with Crippen molar-refractivity contribution in [2.45, 2.75) is 84.7 Å². The summed E-state index contributed by atoms with van der Waals surface area (Å²) in [5.74, 6) is 0.744. The first-order valence-electron chi connectivity index (χ1n) is 11.4. The Morgan fingerprint density at radius 1 is 1.28 bits per heavy atom. The molecule has 2 saturated carbocycles. The van der Waals surface area contributed by atoms with Crippen LogP contribution in [0.1, 0.15) is 84.4 Å². The van der Waals surface area contributed by atoms with Crippen molar-refractivity contribution in [3.8, 4) is 0 Å². The lowest BCUT2D eigenvalue weighted by atomic mass is 9.69. The molecule has 1 aliphatic heterocycles. The van der Waals surface area contributed by atoms with Crippen LogP contribution in [0.3, 0.4) is 0 Å². The molecule has 0 saturated heterocycles. The van der Waals surface area contributed by atoms with E-state index in [0.29, 0.717) is 17.5 Å². The maximum atomic E-state index is 13.2. The van der Waals surface area contributed by atoms with Crippen molar-refractivity contribution in [2.75, 3.05) is 6.54 Å². The van der Waals surface area contributed by atoms with Gasteiger partial charge in [-0.05, 0) is 54.6 Å². The first kappa shape index (κ1) is 20.4. The quantitative estimate of drug-likeness (QED) is 0.679. The Morgan fingerprint density at radius 2 is 2.10 bits per heavy atom. The topological polar surface area (TPSA) is 57.6 Å². The first-order valence-corrected chi connectivity index (χ1v) is 11.4. The SMILES string of the molecule is CCCCCN1N=C(C(=O)N[C@H]2C[C@@H]3CC[C@]2(C)C3(C)C)CC1c1ccccn1. The van der Waals surface area contributed by atoms with Gasteiger partial charge in [0.25, 0.3) is 5.91 Å². The number of rotatable bonds is 7. The van der Waals surface area contributed by atoms with Crippen molar-refractivity contribution in [3.05, 3.63) is 30.1 Å². The summed E-state index contributed by atoms with van der Waals surface area (Å²) in [5, 5.41) is 10.3. The molecule has 5 heteroatoms. The van der Waals surface area contributed by atoms with Gasteiger partial charge in [0.15, 0.2) is 0 Å². The van der Waals surface area contributed by atoms with Gasteiger partial charge in [-0.25, -0.2) is 0 Å². The van der Waals surface area contributed by atoms with Gasteiger partial charge >= 0.3 is 0 Å². The number of carbonyl (C=O) groups excluding carboxylic acids is 1. The molecular formula is C24H36N4O. The Balaban J connectivity index is 1.47. The molecule has 3 aliphatic rings. The average molecular weight is 397 g/mol. The summed E-state index contributed by atoms with van der Waals surface area (Å²) in [6.07, 6.45) is 9.53. The van der Waals surface area contributed by atoms with E-state index in [1.165, 1.54) is 25.7 Å². The van der Waals surface area contributed by atoms with Crippen LogP contribution in [0.15, 0.2) is 29.5 Å². The van der Waals surface area contributed by atoms with Crippen LogP contribution >= 0.6 is 0 Å². The molecule has 1 aromatic rings. The third-order valence-corrected chi connectivity index (χ3v) is 8.38. The Hall–Kier alpha value is -1.91. The van der Waals surface area contributed by atoms with Gasteiger partial charge in [0.1, 0.15) is 5.71 Å². The van der Waals surface area contributed by atoms with E-state index in [4.69, 9.17) is 5.10 Å². The summed E-state index contributed by atoms with van der Waals surface area (Å²) in [7, 11) is 0. The molecular weight excluding hydrogens is 360 g/mol. The van der Waals surface area contributed by atoms with Crippen molar-refractivity contribution in [2.24, 2.45) is 21.8 Å². The summed E-state index contributed by atoms with van der Waals surface area (Å²) in [4.78, 5) is 17.7. The van der Waals surface area contributed by atoms with Crippen LogP contribution in [0.4, 0.5) is 0 Å². The van der Waals surface area contributed by atoms with Crippen LogP contribution in [0.5, 0.6) is 0 Å². The van der Waals surface area contributed by atoms with E-state index in [1.807, 2.05) is 24.4 Å². The van der Waals surface area contributed by atoms with E-state index < -0.39 is 0 Å². The molecule has 0 spiro atoms. The number of nitrogens with zero attached hydrogens (tertiary/aromatic N) is 3. The molecule has 2 heterocycles. The molecule has 4 rings (SSSR count). The molecule has 29 heavy (non-hydrogen) atoms. The van der Waals surface area contributed by atoms with E-state index in [2.05, 4.69) is 43.0 Å². The number of amides is 1. The fraction of sp³-hybridized carbons (Fsp3) is 0.708. The lowest BCUT2D eigenvalue weighted by Crippen LogP contribution is -2.48. The number of hydrogen-bond acceptors (Lipinski definition) is 4. The lowest BCUT2D eigenvalue weighted by molar-refractivity contribution is -0.116. The van der Waals surface area contributed by atoms with E-state index in [0.717, 1.165) is 31.0 Å². The van der Waals surface area contributed by atoms with E-state index in [1.54, 1.807) is 0 Å². The highest BCUT2D eigenvalue weighted by Gasteiger charge is 2.61. The molecule has 1 unspecified atom stereocenters. The number of unbranched alkanes of at least 4 members (excludes halogenated alkanes) is 2. The summed E-state index contributed by atoms with van der Waals surface area (Å²) >= 11 is 0. The number of pyridine rings is 1. The summed E-state index contributed by atoms with van der Waals surface area (Å²) in [6, 6.07) is 6.33. The third-order valence-electron chi connectivity index (χ3n) is 8.38. The number of aromatic nitrogens is 1. The highest BCUT2D eigenvalue weighted by Crippen LogP contribution is 2.65. The zero-order valence-corrected chi connectivity index (χ0v) is 18.4. The lowest BCUT2D eigenvalue weighted by Gasteiger charge is -2.39. The molecule has 5 nitrogen and oxygen atoms in total. The summed E-state index contributed by atoms with van der Waals surface area (Å²) < 4.78 is 0. The Labute approximate surface area is 175 Å². The van der Waals surface area contributed by atoms with Crippen molar-refractivity contribution < 1.29 is 4.79 Å². The average Bonchev–Trinajstić information content (AvgIpc) is 3.29. The second-order valence-corrected chi connectivity index (χ2v) is 10.0. The van der Waals surface area contributed by atoms with E-state index in [-0.39, 0.29) is 23.4 Å². The summed E-state index contributed by atoms with van der Waals surface area (Å²) in [6.45, 7) is 10.2. The van der Waals surface area contributed by atoms with Crippen LogP contribution in [0.25, 0.3) is 0 Å². The fourth-order valence-electron chi connectivity index (χ4n) is 5.92. The molecule has 2 fully saturated rings. The van der Waals surface area contributed by atoms with Gasteiger partial charge in [-0.2, -0.15) is 5.10 Å². The van der Waals surface area contributed by atoms with Crippen molar-refractivity contribution in [3.63, 3.8) is 0 Å². The first-order chi connectivity index (χ1) is 13.9. The van der Waals surface area contributed by atoms with Gasteiger partial charge in [-0.1, -0.05) is 46.6 Å². The van der Waals surface area contributed by atoms with Crippen LogP contribution in [-0.2, 0) is 4.79 Å². The number of hydrogen-bond donors (Lipinski definition) is 1. The van der Waals surface area contributed by atoms with E-state index >= 15 is 0 Å². The van der Waals surface area contributed by atoms with Gasteiger partial charge in [-0.3, -0.25) is 14.8 Å². The molecule has 1 aromatic heterocycles. The minimum Gasteiger partial charge on any atom is -0.348 e. The predicted molar refractivity (Wildman–Crippen MR) is 116 cm³/mol. The largest absolute Gasteiger partial charge is 0.348 e. The molecule has 158 valence electrons. The van der Waals surface area contributed by atoms with Crippen molar-refractivity contribution >= 4 is 11.6 Å². The molecule has 0 aromatic carbocycles. The van der Waals surface area contributed by atoms with Gasteiger partial charge in [0.05, 0.1) is 11.7 Å². The summed E-state index contributed by atoms with van der Waals surface area (Å²) in [5.41, 5.74) is 2.16. The zero-order chi connectivity index (χ0) is 20.6. The van der Waals surface area contributed by atoms with Crippen LogP contribution in [0.2, 0.25) is 0 Å². The number of fused-ring (bicyclic) bond motifs is 2. The second kappa shape index (κ2) is 7.73. The predicted octanol–water partition coefficient (Wildman–Crippen LogP) is 4.71. The molecule has 0 radical (unpaired) electrons. The van der Waals surface area contributed by atoms with E-state index in [9.17, 15) is 4.79 Å². The minimum absolute atomic E-state index is 0.0264. The van der Waals surface area contributed by atoms with Gasteiger partial charge in [0.2, 0.25) is 0 Å². The number of hydrazone groups is 1. The fourth-order valence-corrected chi connectivity index (χ4v) is 5.92. The highest BCUT2D eigenvalue weighted by atomic mass is 16.2. The Bertz CT molecular complexity index is 774. The molecule has 1 N–H and O–H groups in total. The molecule has 4 atom stereocenters. The van der Waals surface area contributed by atoms with Crippen molar-refractivity contribution in [1.29, 1.82) is 0 Å². The normalized spacial score (nSPS) is 32.5. The van der Waals surface area contributed by atoms with Gasteiger partial charge < -0.3 is 5.32 Å². The maximum absolute atomic E-state index is 13.2. The number of carbonyl (C=O) groups is 1. The van der Waals surface area contributed by atoms with Gasteiger partial charge in [0, 0.05) is 25.2 Å². The minimum atomic E-state index is 0.0264. The smallest absolute Gasteiger partial charge is 0.267 e. The highest BCUT2D eigenvalue weighted by molar-refractivity contribution is 6.39. The molecule has 2 aliphatic carbocycles.